The first-order chi connectivity index (χ1) is 13.7. The first kappa shape index (κ1) is 22.8. The lowest BCUT2D eigenvalue weighted by Gasteiger charge is -2.36. The number of amides is 1. The van der Waals surface area contributed by atoms with Crippen LogP contribution in [-0.4, -0.2) is 58.3 Å². The Labute approximate surface area is 177 Å². The van der Waals surface area contributed by atoms with Crippen molar-refractivity contribution in [2.24, 2.45) is 0 Å². The Bertz CT molecular complexity index is 818. The SMILES string of the molecule is COc1ccc(OC)c(NC(=O)CN2CCNCC2c2ccccc2OC)c1.Cl. The number of carbonyl (C=O) groups excluding carboxylic acids is 1. The molecule has 1 fully saturated rings. The van der Waals surface area contributed by atoms with Crippen LogP contribution in [0.2, 0.25) is 0 Å². The van der Waals surface area contributed by atoms with Crippen LogP contribution in [0.25, 0.3) is 0 Å². The molecule has 1 heterocycles. The number of carbonyl (C=O) groups is 1. The predicted molar refractivity (Wildman–Crippen MR) is 116 cm³/mol. The van der Waals surface area contributed by atoms with Gasteiger partial charge in [-0.2, -0.15) is 0 Å². The largest absolute Gasteiger partial charge is 0.497 e. The van der Waals surface area contributed by atoms with E-state index in [4.69, 9.17) is 14.2 Å². The van der Waals surface area contributed by atoms with Crippen molar-refractivity contribution in [2.75, 3.05) is 52.8 Å². The van der Waals surface area contributed by atoms with E-state index in [-0.39, 0.29) is 30.9 Å². The Hall–Kier alpha value is -2.48. The van der Waals surface area contributed by atoms with Crippen molar-refractivity contribution in [3.05, 3.63) is 48.0 Å². The van der Waals surface area contributed by atoms with Gasteiger partial charge in [-0.25, -0.2) is 0 Å². The number of hydrogen-bond acceptors (Lipinski definition) is 6. The van der Waals surface area contributed by atoms with Crippen molar-refractivity contribution in [1.82, 2.24) is 10.2 Å². The van der Waals surface area contributed by atoms with E-state index in [1.54, 1.807) is 39.5 Å². The molecule has 1 unspecified atom stereocenters. The zero-order valence-electron chi connectivity index (χ0n) is 16.9. The summed E-state index contributed by atoms with van der Waals surface area (Å²) in [4.78, 5) is 14.9. The van der Waals surface area contributed by atoms with E-state index in [9.17, 15) is 4.79 Å². The molecule has 8 heteroatoms. The van der Waals surface area contributed by atoms with Crippen molar-refractivity contribution in [3.8, 4) is 17.2 Å². The first-order valence-electron chi connectivity index (χ1n) is 9.25. The standard InChI is InChI=1S/C21H27N3O4.ClH/c1-26-15-8-9-20(28-3)17(12-15)23-21(25)14-24-11-10-22-13-18(24)16-6-4-5-7-19(16)27-2;/h4-9,12,18,22H,10-11,13-14H2,1-3H3,(H,23,25);1H. The number of benzene rings is 2. The summed E-state index contributed by atoms with van der Waals surface area (Å²) in [5.41, 5.74) is 1.67. The molecule has 0 spiro atoms. The first-order valence-corrected chi connectivity index (χ1v) is 9.25. The lowest BCUT2D eigenvalue weighted by Crippen LogP contribution is -2.48. The number of anilines is 1. The molecule has 0 aromatic heterocycles. The van der Waals surface area contributed by atoms with E-state index in [2.05, 4.69) is 15.5 Å². The molecule has 1 atom stereocenters. The van der Waals surface area contributed by atoms with E-state index in [1.165, 1.54) is 0 Å². The highest BCUT2D eigenvalue weighted by Crippen LogP contribution is 2.31. The summed E-state index contributed by atoms with van der Waals surface area (Å²) in [6, 6.07) is 13.3. The van der Waals surface area contributed by atoms with Gasteiger partial charge in [-0.3, -0.25) is 9.69 Å². The number of nitrogens with zero attached hydrogens (tertiary/aromatic N) is 1. The number of halogens is 1. The van der Waals surface area contributed by atoms with Crippen molar-refractivity contribution in [1.29, 1.82) is 0 Å². The Morgan fingerprint density at radius 2 is 1.86 bits per heavy atom. The Morgan fingerprint density at radius 3 is 2.59 bits per heavy atom. The Kier molecular flexibility index (Phi) is 8.57. The topological polar surface area (TPSA) is 72.1 Å². The molecular weight excluding hydrogens is 394 g/mol. The molecule has 158 valence electrons. The van der Waals surface area contributed by atoms with Crippen molar-refractivity contribution >= 4 is 24.0 Å². The summed E-state index contributed by atoms with van der Waals surface area (Å²) in [5.74, 6) is 1.98. The third-order valence-electron chi connectivity index (χ3n) is 4.88. The molecule has 3 rings (SSSR count). The molecule has 1 aliphatic rings. The van der Waals surface area contributed by atoms with Crippen LogP contribution in [0.5, 0.6) is 17.2 Å². The third-order valence-corrected chi connectivity index (χ3v) is 4.88. The van der Waals surface area contributed by atoms with Crippen molar-refractivity contribution in [2.45, 2.75) is 6.04 Å². The lowest BCUT2D eigenvalue weighted by atomic mass is 10.0. The van der Waals surface area contributed by atoms with E-state index >= 15 is 0 Å². The maximum Gasteiger partial charge on any atom is 0.238 e. The molecule has 1 saturated heterocycles. The van der Waals surface area contributed by atoms with Gasteiger partial charge in [0, 0.05) is 31.3 Å². The fourth-order valence-corrected chi connectivity index (χ4v) is 3.47. The van der Waals surface area contributed by atoms with E-state index in [0.717, 1.165) is 30.9 Å². The van der Waals surface area contributed by atoms with Crippen molar-refractivity contribution < 1.29 is 19.0 Å². The fraction of sp³-hybridized carbons (Fsp3) is 0.381. The van der Waals surface area contributed by atoms with Gasteiger partial charge in [-0.1, -0.05) is 18.2 Å². The van der Waals surface area contributed by atoms with Gasteiger partial charge in [-0.15, -0.1) is 12.4 Å². The molecule has 0 saturated carbocycles. The predicted octanol–water partition coefficient (Wildman–Crippen LogP) is 2.72. The fourth-order valence-electron chi connectivity index (χ4n) is 3.47. The molecule has 0 aliphatic carbocycles. The molecule has 0 bridgehead atoms. The minimum atomic E-state index is -0.103. The number of ether oxygens (including phenoxy) is 3. The van der Waals surface area contributed by atoms with Crippen LogP contribution in [0.3, 0.4) is 0 Å². The normalized spacial score (nSPS) is 16.4. The monoisotopic (exact) mass is 421 g/mol. The highest BCUT2D eigenvalue weighted by molar-refractivity contribution is 5.94. The second kappa shape index (κ2) is 10.9. The quantitative estimate of drug-likeness (QED) is 0.716. The molecule has 29 heavy (non-hydrogen) atoms. The number of para-hydroxylation sites is 1. The number of methoxy groups -OCH3 is 3. The summed E-state index contributed by atoms with van der Waals surface area (Å²) in [6.45, 7) is 2.63. The van der Waals surface area contributed by atoms with Gasteiger partial charge >= 0.3 is 0 Å². The number of nitrogens with one attached hydrogen (secondary N) is 2. The number of piperazine rings is 1. The molecule has 1 aliphatic heterocycles. The smallest absolute Gasteiger partial charge is 0.238 e. The number of rotatable bonds is 7. The van der Waals surface area contributed by atoms with E-state index < -0.39 is 0 Å². The second-order valence-electron chi connectivity index (χ2n) is 6.55. The molecule has 2 aromatic rings. The van der Waals surface area contributed by atoms with Crippen LogP contribution in [0.15, 0.2) is 42.5 Å². The van der Waals surface area contributed by atoms with Gasteiger partial charge in [0.1, 0.15) is 17.2 Å². The third kappa shape index (κ3) is 5.53. The van der Waals surface area contributed by atoms with E-state index in [1.807, 2.05) is 24.3 Å². The minimum absolute atomic E-state index is 0. The van der Waals surface area contributed by atoms with Gasteiger partial charge in [-0.05, 0) is 18.2 Å². The summed E-state index contributed by atoms with van der Waals surface area (Å²) < 4.78 is 16.1. The van der Waals surface area contributed by atoms with Gasteiger partial charge in [0.15, 0.2) is 0 Å². The lowest BCUT2D eigenvalue weighted by molar-refractivity contribution is -0.118. The van der Waals surface area contributed by atoms with Crippen LogP contribution < -0.4 is 24.8 Å². The summed E-state index contributed by atoms with van der Waals surface area (Å²) in [6.07, 6.45) is 0. The molecule has 2 N–H and O–H groups in total. The van der Waals surface area contributed by atoms with Gasteiger partial charge in [0.25, 0.3) is 0 Å². The number of hydrogen-bond donors (Lipinski definition) is 2. The minimum Gasteiger partial charge on any atom is -0.497 e. The molecule has 7 nitrogen and oxygen atoms in total. The average Bonchev–Trinajstić information content (AvgIpc) is 2.74. The maximum atomic E-state index is 12.8. The molecule has 1 amide bonds. The van der Waals surface area contributed by atoms with Crippen LogP contribution in [0, 0.1) is 0 Å². The summed E-state index contributed by atoms with van der Waals surface area (Å²) >= 11 is 0. The zero-order chi connectivity index (χ0) is 19.9. The van der Waals surface area contributed by atoms with Crippen LogP contribution in [0.1, 0.15) is 11.6 Å². The highest BCUT2D eigenvalue weighted by Gasteiger charge is 2.27. The van der Waals surface area contributed by atoms with Crippen LogP contribution in [0.4, 0.5) is 5.69 Å². The molecule has 2 aromatic carbocycles. The average molecular weight is 422 g/mol. The maximum absolute atomic E-state index is 12.8. The highest BCUT2D eigenvalue weighted by atomic mass is 35.5. The van der Waals surface area contributed by atoms with E-state index in [0.29, 0.717) is 17.2 Å². The van der Waals surface area contributed by atoms with Gasteiger partial charge in [0.2, 0.25) is 5.91 Å². The van der Waals surface area contributed by atoms with Gasteiger partial charge in [0.05, 0.1) is 39.6 Å². The van der Waals surface area contributed by atoms with Crippen molar-refractivity contribution in [3.63, 3.8) is 0 Å². The van der Waals surface area contributed by atoms with Crippen LogP contribution in [-0.2, 0) is 4.79 Å². The summed E-state index contributed by atoms with van der Waals surface area (Å²) in [7, 11) is 4.83. The Morgan fingerprint density at radius 1 is 1.10 bits per heavy atom. The molecule has 0 radical (unpaired) electrons. The van der Waals surface area contributed by atoms with Crippen LogP contribution >= 0.6 is 12.4 Å². The summed E-state index contributed by atoms with van der Waals surface area (Å²) in [5, 5.41) is 6.35. The second-order valence-corrected chi connectivity index (χ2v) is 6.55. The van der Waals surface area contributed by atoms with Gasteiger partial charge < -0.3 is 24.8 Å². The zero-order valence-corrected chi connectivity index (χ0v) is 17.8. The molecular formula is C21H28ClN3O4. The Balaban J connectivity index is 0.00000300.